The molecule has 0 radical (unpaired) electrons. The average Bonchev–Trinajstić information content (AvgIpc) is 2.89. The predicted molar refractivity (Wildman–Crippen MR) is 73.4 cm³/mol. The van der Waals surface area contributed by atoms with Gasteiger partial charge in [-0.15, -0.1) is 0 Å². The lowest BCUT2D eigenvalue weighted by Gasteiger charge is -2.16. The van der Waals surface area contributed by atoms with Crippen LogP contribution >= 0.6 is 23.2 Å². The Kier molecular flexibility index (Phi) is 5.05. The second kappa shape index (κ2) is 6.57. The Balaban J connectivity index is 1.93. The van der Waals surface area contributed by atoms with Crippen molar-refractivity contribution in [1.82, 2.24) is 5.32 Å². The molecule has 0 spiro atoms. The van der Waals surface area contributed by atoms with Crippen molar-refractivity contribution >= 4 is 29.1 Å². The molecular weight excluding hydrogens is 289 g/mol. The molecule has 1 fully saturated rings. The summed E-state index contributed by atoms with van der Waals surface area (Å²) in [7, 11) is 0. The van der Waals surface area contributed by atoms with Gasteiger partial charge < -0.3 is 15.2 Å². The summed E-state index contributed by atoms with van der Waals surface area (Å²) < 4.78 is 5.25. The third-order valence-corrected chi connectivity index (χ3v) is 3.68. The highest BCUT2D eigenvalue weighted by molar-refractivity contribution is 6.36. The van der Waals surface area contributed by atoms with Crippen LogP contribution in [0.3, 0.4) is 0 Å². The lowest BCUT2D eigenvalue weighted by atomic mass is 10.1. The standard InChI is InChI=1S/C13H15Cl2NO3/c14-8-3-1-4-9(15)12(8)10(17)7-16-13(18)11-5-2-6-19-11/h1,3-4,10-11,17H,2,5-7H2,(H,16,18)/t10-,11+/m1/s1. The van der Waals surface area contributed by atoms with Crippen LogP contribution < -0.4 is 5.32 Å². The maximum atomic E-state index is 11.7. The van der Waals surface area contributed by atoms with Gasteiger partial charge in [0.1, 0.15) is 6.10 Å². The first-order valence-electron chi connectivity index (χ1n) is 6.11. The first-order chi connectivity index (χ1) is 9.09. The first-order valence-corrected chi connectivity index (χ1v) is 6.86. The second-order valence-electron chi connectivity index (χ2n) is 4.40. The van der Waals surface area contributed by atoms with Crippen LogP contribution in [-0.2, 0) is 9.53 Å². The Bertz CT molecular complexity index is 441. The fraction of sp³-hybridized carbons (Fsp3) is 0.462. The Morgan fingerprint density at radius 1 is 1.47 bits per heavy atom. The molecule has 2 N–H and O–H groups in total. The lowest BCUT2D eigenvalue weighted by molar-refractivity contribution is -0.130. The fourth-order valence-corrected chi connectivity index (χ4v) is 2.68. The van der Waals surface area contributed by atoms with Crippen molar-refractivity contribution in [1.29, 1.82) is 0 Å². The third-order valence-electron chi connectivity index (χ3n) is 3.02. The van der Waals surface area contributed by atoms with Gasteiger partial charge in [0, 0.05) is 28.8 Å². The van der Waals surface area contributed by atoms with Crippen molar-refractivity contribution in [2.75, 3.05) is 13.2 Å². The zero-order valence-electron chi connectivity index (χ0n) is 10.2. The van der Waals surface area contributed by atoms with E-state index in [1.54, 1.807) is 18.2 Å². The van der Waals surface area contributed by atoms with Gasteiger partial charge in [0.2, 0.25) is 5.91 Å². The summed E-state index contributed by atoms with van der Waals surface area (Å²) in [4.78, 5) is 11.7. The molecule has 1 amide bonds. The fourth-order valence-electron chi connectivity index (χ4n) is 2.03. The molecule has 1 aromatic rings. The molecule has 19 heavy (non-hydrogen) atoms. The van der Waals surface area contributed by atoms with Gasteiger partial charge in [-0.3, -0.25) is 4.79 Å². The largest absolute Gasteiger partial charge is 0.386 e. The predicted octanol–water partition coefficient (Wildman–Crippen LogP) is 2.32. The molecule has 2 rings (SSSR count). The summed E-state index contributed by atoms with van der Waals surface area (Å²) in [6, 6.07) is 4.99. The molecule has 6 heteroatoms. The zero-order valence-corrected chi connectivity index (χ0v) is 11.7. The van der Waals surface area contributed by atoms with Crippen molar-refractivity contribution in [3.05, 3.63) is 33.8 Å². The Labute approximate surface area is 121 Å². The summed E-state index contributed by atoms with van der Waals surface area (Å²) in [6.07, 6.45) is 0.256. The molecule has 1 aliphatic heterocycles. The number of ether oxygens (including phenoxy) is 1. The monoisotopic (exact) mass is 303 g/mol. The van der Waals surface area contributed by atoms with Crippen molar-refractivity contribution in [2.45, 2.75) is 25.0 Å². The van der Waals surface area contributed by atoms with E-state index in [2.05, 4.69) is 5.32 Å². The lowest BCUT2D eigenvalue weighted by Crippen LogP contribution is -2.36. The van der Waals surface area contributed by atoms with E-state index >= 15 is 0 Å². The molecule has 0 aliphatic carbocycles. The van der Waals surface area contributed by atoms with Gasteiger partial charge in [0.05, 0.1) is 6.10 Å². The highest BCUT2D eigenvalue weighted by Gasteiger charge is 2.24. The smallest absolute Gasteiger partial charge is 0.249 e. The topological polar surface area (TPSA) is 58.6 Å². The van der Waals surface area contributed by atoms with Gasteiger partial charge in [-0.05, 0) is 25.0 Å². The van der Waals surface area contributed by atoms with Gasteiger partial charge in [-0.2, -0.15) is 0 Å². The number of hydrogen-bond donors (Lipinski definition) is 2. The van der Waals surface area contributed by atoms with E-state index in [0.717, 1.165) is 12.8 Å². The van der Waals surface area contributed by atoms with Crippen LogP contribution in [-0.4, -0.2) is 30.3 Å². The normalized spacial score (nSPS) is 20.3. The minimum atomic E-state index is -0.938. The van der Waals surface area contributed by atoms with Crippen molar-refractivity contribution in [2.24, 2.45) is 0 Å². The van der Waals surface area contributed by atoms with Gasteiger partial charge >= 0.3 is 0 Å². The van der Waals surface area contributed by atoms with Gasteiger partial charge in [-0.25, -0.2) is 0 Å². The van der Waals surface area contributed by atoms with Crippen LogP contribution in [0.1, 0.15) is 24.5 Å². The number of rotatable bonds is 4. The van der Waals surface area contributed by atoms with E-state index < -0.39 is 12.2 Å². The number of benzene rings is 1. The maximum absolute atomic E-state index is 11.7. The summed E-state index contributed by atoms with van der Waals surface area (Å²) in [6.45, 7) is 0.666. The maximum Gasteiger partial charge on any atom is 0.249 e. The van der Waals surface area contributed by atoms with Crippen LogP contribution in [0.5, 0.6) is 0 Å². The molecule has 0 saturated carbocycles. The highest BCUT2D eigenvalue weighted by Crippen LogP contribution is 2.29. The number of amides is 1. The van der Waals surface area contributed by atoms with Gasteiger partial charge in [0.25, 0.3) is 0 Å². The number of hydrogen-bond acceptors (Lipinski definition) is 3. The quantitative estimate of drug-likeness (QED) is 0.897. The van der Waals surface area contributed by atoms with E-state index in [0.29, 0.717) is 22.2 Å². The van der Waals surface area contributed by atoms with Crippen LogP contribution in [0.15, 0.2) is 18.2 Å². The molecule has 1 aliphatic rings. The van der Waals surface area contributed by atoms with Crippen molar-refractivity contribution in [3.63, 3.8) is 0 Å². The SMILES string of the molecule is O=C(NC[C@@H](O)c1c(Cl)cccc1Cl)[C@@H]1CCCO1. The van der Waals surface area contributed by atoms with Crippen LogP contribution in [0, 0.1) is 0 Å². The summed E-state index contributed by atoms with van der Waals surface area (Å²) >= 11 is 12.0. The number of nitrogens with one attached hydrogen (secondary N) is 1. The summed E-state index contributed by atoms with van der Waals surface area (Å²) in [5.41, 5.74) is 0.429. The highest BCUT2D eigenvalue weighted by atomic mass is 35.5. The van der Waals surface area contributed by atoms with Crippen molar-refractivity contribution in [3.8, 4) is 0 Å². The molecule has 2 atom stereocenters. The molecule has 0 bridgehead atoms. The molecule has 0 aromatic heterocycles. The molecule has 1 saturated heterocycles. The van der Waals surface area contributed by atoms with Crippen LogP contribution in [0.4, 0.5) is 0 Å². The van der Waals surface area contributed by atoms with Gasteiger partial charge in [0.15, 0.2) is 0 Å². The van der Waals surface area contributed by atoms with E-state index in [9.17, 15) is 9.90 Å². The van der Waals surface area contributed by atoms with E-state index in [4.69, 9.17) is 27.9 Å². The first kappa shape index (κ1) is 14.6. The summed E-state index contributed by atoms with van der Waals surface area (Å²) in [5.74, 6) is -0.209. The number of aliphatic hydroxyl groups is 1. The summed E-state index contributed by atoms with van der Waals surface area (Å²) in [5, 5.41) is 13.5. The molecular formula is C13H15Cl2NO3. The van der Waals surface area contributed by atoms with E-state index in [-0.39, 0.29) is 12.5 Å². The van der Waals surface area contributed by atoms with E-state index in [1.807, 2.05) is 0 Å². The third kappa shape index (κ3) is 3.60. The minimum Gasteiger partial charge on any atom is -0.386 e. The molecule has 1 heterocycles. The van der Waals surface area contributed by atoms with Crippen LogP contribution in [0.2, 0.25) is 10.0 Å². The number of carbonyl (C=O) groups excluding carboxylic acids is 1. The Morgan fingerprint density at radius 2 is 2.16 bits per heavy atom. The average molecular weight is 304 g/mol. The Morgan fingerprint density at radius 3 is 2.74 bits per heavy atom. The minimum absolute atomic E-state index is 0.0577. The molecule has 4 nitrogen and oxygen atoms in total. The zero-order chi connectivity index (χ0) is 13.8. The molecule has 0 unspecified atom stereocenters. The molecule has 104 valence electrons. The van der Waals surface area contributed by atoms with Gasteiger partial charge in [-0.1, -0.05) is 29.3 Å². The number of halogens is 2. The number of carbonyl (C=O) groups is 1. The number of aliphatic hydroxyl groups excluding tert-OH is 1. The molecule has 1 aromatic carbocycles. The van der Waals surface area contributed by atoms with E-state index in [1.165, 1.54) is 0 Å². The van der Waals surface area contributed by atoms with Crippen molar-refractivity contribution < 1.29 is 14.6 Å². The van der Waals surface area contributed by atoms with Crippen LogP contribution in [0.25, 0.3) is 0 Å². The Hall–Kier alpha value is -0.810. The second-order valence-corrected chi connectivity index (χ2v) is 5.21.